The molecule has 2 aromatic rings. The minimum absolute atomic E-state index is 0.292. The van der Waals surface area contributed by atoms with Crippen LogP contribution < -0.4 is 0 Å². The number of amides is 1. The standard InChI is InChI=1S/C17H18N2O3S/c1-19(2)16(20)14(12-8-5-4-6-9-12)22-17(21)13-10-7-11-18-15(13)23-3/h4-11,14H,1-3H3/t14-/m0/s1. The molecule has 2 rings (SSSR count). The van der Waals surface area contributed by atoms with Crippen molar-refractivity contribution in [2.24, 2.45) is 0 Å². The average Bonchev–Trinajstić information content (AvgIpc) is 2.59. The highest BCUT2D eigenvalue weighted by Crippen LogP contribution is 2.24. The Morgan fingerprint density at radius 2 is 1.83 bits per heavy atom. The Hall–Kier alpha value is -2.34. The van der Waals surface area contributed by atoms with Crippen molar-refractivity contribution in [2.45, 2.75) is 11.1 Å². The third kappa shape index (κ3) is 4.10. The van der Waals surface area contributed by atoms with Gasteiger partial charge in [0.2, 0.25) is 6.10 Å². The van der Waals surface area contributed by atoms with E-state index in [1.165, 1.54) is 16.7 Å². The summed E-state index contributed by atoms with van der Waals surface area (Å²) in [5.74, 6) is -0.856. The van der Waals surface area contributed by atoms with Gasteiger partial charge in [-0.25, -0.2) is 9.78 Å². The largest absolute Gasteiger partial charge is 0.444 e. The summed E-state index contributed by atoms with van der Waals surface area (Å²) in [6.07, 6.45) is 2.47. The van der Waals surface area contributed by atoms with Crippen molar-refractivity contribution < 1.29 is 14.3 Å². The summed E-state index contributed by atoms with van der Waals surface area (Å²) in [6.45, 7) is 0. The Balaban J connectivity index is 2.31. The number of carbonyl (C=O) groups is 2. The summed E-state index contributed by atoms with van der Waals surface area (Å²) in [7, 11) is 3.26. The van der Waals surface area contributed by atoms with E-state index in [4.69, 9.17) is 4.74 Å². The van der Waals surface area contributed by atoms with Crippen LogP contribution in [0.4, 0.5) is 0 Å². The number of rotatable bonds is 5. The zero-order valence-electron chi connectivity index (χ0n) is 13.2. The fourth-order valence-corrected chi connectivity index (χ4v) is 2.54. The van der Waals surface area contributed by atoms with Gasteiger partial charge in [0.1, 0.15) is 5.03 Å². The molecule has 0 saturated carbocycles. The molecule has 0 fully saturated rings. The number of carbonyl (C=O) groups excluding carboxylic acids is 2. The van der Waals surface area contributed by atoms with Gasteiger partial charge < -0.3 is 9.64 Å². The Morgan fingerprint density at radius 3 is 2.43 bits per heavy atom. The molecule has 0 radical (unpaired) electrons. The van der Waals surface area contributed by atoms with Gasteiger partial charge in [-0.1, -0.05) is 30.3 Å². The zero-order valence-corrected chi connectivity index (χ0v) is 14.0. The highest BCUT2D eigenvalue weighted by molar-refractivity contribution is 7.98. The minimum Gasteiger partial charge on any atom is -0.444 e. The van der Waals surface area contributed by atoms with Crippen LogP contribution in [0, 0.1) is 0 Å². The maximum atomic E-state index is 12.5. The lowest BCUT2D eigenvalue weighted by atomic mass is 10.1. The molecule has 0 unspecified atom stereocenters. The van der Waals surface area contributed by atoms with E-state index in [1.54, 1.807) is 56.7 Å². The van der Waals surface area contributed by atoms with Crippen LogP contribution >= 0.6 is 11.8 Å². The van der Waals surface area contributed by atoms with Crippen LogP contribution in [-0.4, -0.2) is 42.1 Å². The van der Waals surface area contributed by atoms with E-state index >= 15 is 0 Å². The summed E-state index contributed by atoms with van der Waals surface area (Å²) in [5.41, 5.74) is 0.988. The van der Waals surface area contributed by atoms with E-state index in [1.807, 2.05) is 12.3 Å². The molecular weight excluding hydrogens is 312 g/mol. The highest BCUT2D eigenvalue weighted by atomic mass is 32.2. The number of likely N-dealkylation sites (N-methyl/N-ethyl adjacent to an activating group) is 1. The Kier molecular flexibility index (Phi) is 5.76. The van der Waals surface area contributed by atoms with Crippen LogP contribution in [-0.2, 0) is 9.53 Å². The van der Waals surface area contributed by atoms with Gasteiger partial charge in [0.05, 0.1) is 5.56 Å². The minimum atomic E-state index is -0.978. The summed E-state index contributed by atoms with van der Waals surface area (Å²) in [5, 5.41) is 0.571. The molecule has 0 aliphatic carbocycles. The van der Waals surface area contributed by atoms with E-state index in [0.29, 0.717) is 16.2 Å². The van der Waals surface area contributed by atoms with Crippen LogP contribution in [0.1, 0.15) is 22.0 Å². The maximum absolute atomic E-state index is 12.5. The van der Waals surface area contributed by atoms with Gasteiger partial charge in [0.25, 0.3) is 5.91 Å². The Morgan fingerprint density at radius 1 is 1.13 bits per heavy atom. The molecule has 1 aromatic heterocycles. The molecule has 120 valence electrons. The smallest absolute Gasteiger partial charge is 0.342 e. The van der Waals surface area contributed by atoms with Crippen molar-refractivity contribution in [1.82, 2.24) is 9.88 Å². The number of benzene rings is 1. The van der Waals surface area contributed by atoms with Gasteiger partial charge in [-0.05, 0) is 18.4 Å². The number of aromatic nitrogens is 1. The number of ether oxygens (including phenoxy) is 1. The summed E-state index contributed by atoms with van der Waals surface area (Å²) >= 11 is 1.35. The van der Waals surface area contributed by atoms with Gasteiger partial charge in [-0.3, -0.25) is 4.79 Å². The second-order valence-electron chi connectivity index (χ2n) is 4.99. The van der Waals surface area contributed by atoms with Gasteiger partial charge in [0, 0.05) is 25.9 Å². The number of hydrogen-bond acceptors (Lipinski definition) is 5. The number of nitrogens with zero attached hydrogens (tertiary/aromatic N) is 2. The SMILES string of the molecule is CSc1ncccc1C(=O)O[C@H](C(=O)N(C)C)c1ccccc1. The first kappa shape index (κ1) is 17.0. The maximum Gasteiger partial charge on any atom is 0.342 e. The molecule has 1 heterocycles. The van der Waals surface area contributed by atoms with E-state index in [2.05, 4.69) is 4.98 Å². The normalized spacial score (nSPS) is 11.6. The molecule has 6 heteroatoms. The number of hydrogen-bond donors (Lipinski definition) is 0. The molecule has 0 bridgehead atoms. The summed E-state index contributed by atoms with van der Waals surface area (Å²) in [4.78, 5) is 30.4. The highest BCUT2D eigenvalue weighted by Gasteiger charge is 2.27. The summed E-state index contributed by atoms with van der Waals surface area (Å²) in [6, 6.07) is 12.3. The monoisotopic (exact) mass is 330 g/mol. The molecule has 0 aliphatic heterocycles. The second kappa shape index (κ2) is 7.78. The predicted molar refractivity (Wildman–Crippen MR) is 89.3 cm³/mol. The predicted octanol–water partition coefficient (Wildman–Crippen LogP) is 2.79. The molecule has 0 spiro atoms. The van der Waals surface area contributed by atoms with Crippen molar-refractivity contribution >= 4 is 23.6 Å². The lowest BCUT2D eigenvalue weighted by Crippen LogP contribution is -2.31. The van der Waals surface area contributed by atoms with Gasteiger partial charge in [0.15, 0.2) is 0 Å². The van der Waals surface area contributed by atoms with Crippen molar-refractivity contribution in [1.29, 1.82) is 0 Å². The van der Waals surface area contributed by atoms with Crippen molar-refractivity contribution in [2.75, 3.05) is 20.4 Å². The fourth-order valence-electron chi connectivity index (χ4n) is 2.00. The quantitative estimate of drug-likeness (QED) is 0.623. The molecule has 23 heavy (non-hydrogen) atoms. The number of thioether (sulfide) groups is 1. The first-order valence-corrected chi connectivity index (χ1v) is 8.23. The van der Waals surface area contributed by atoms with Crippen LogP contribution in [0.5, 0.6) is 0 Å². The lowest BCUT2D eigenvalue weighted by Gasteiger charge is -2.21. The number of esters is 1. The van der Waals surface area contributed by atoms with Gasteiger partial charge in [-0.15, -0.1) is 11.8 Å². The van der Waals surface area contributed by atoms with E-state index < -0.39 is 12.1 Å². The topological polar surface area (TPSA) is 59.5 Å². The van der Waals surface area contributed by atoms with E-state index in [0.717, 1.165) is 0 Å². The number of pyridine rings is 1. The van der Waals surface area contributed by atoms with Crippen LogP contribution in [0.3, 0.4) is 0 Å². The molecule has 1 aromatic carbocycles. The van der Waals surface area contributed by atoms with Crippen molar-refractivity contribution in [3.8, 4) is 0 Å². The fraction of sp³-hybridized carbons (Fsp3) is 0.235. The van der Waals surface area contributed by atoms with E-state index in [-0.39, 0.29) is 5.91 Å². The second-order valence-corrected chi connectivity index (χ2v) is 5.78. The first-order chi connectivity index (χ1) is 11.0. The summed E-state index contributed by atoms with van der Waals surface area (Å²) < 4.78 is 5.50. The van der Waals surface area contributed by atoms with Gasteiger partial charge in [-0.2, -0.15) is 0 Å². The molecule has 0 aliphatic rings. The lowest BCUT2D eigenvalue weighted by molar-refractivity contribution is -0.138. The molecule has 5 nitrogen and oxygen atoms in total. The van der Waals surface area contributed by atoms with Crippen molar-refractivity contribution in [3.63, 3.8) is 0 Å². The van der Waals surface area contributed by atoms with Crippen LogP contribution in [0.25, 0.3) is 0 Å². The molecular formula is C17H18N2O3S. The van der Waals surface area contributed by atoms with E-state index in [9.17, 15) is 9.59 Å². The van der Waals surface area contributed by atoms with Crippen molar-refractivity contribution in [3.05, 3.63) is 59.8 Å². The third-order valence-corrected chi connectivity index (χ3v) is 3.89. The third-order valence-electron chi connectivity index (χ3n) is 3.18. The Labute approximate surface area is 139 Å². The molecule has 0 N–H and O–H groups in total. The van der Waals surface area contributed by atoms with Crippen LogP contribution in [0.2, 0.25) is 0 Å². The van der Waals surface area contributed by atoms with Gasteiger partial charge >= 0.3 is 5.97 Å². The molecule has 1 amide bonds. The van der Waals surface area contributed by atoms with Crippen LogP contribution in [0.15, 0.2) is 53.7 Å². The first-order valence-electron chi connectivity index (χ1n) is 7.00. The molecule has 0 saturated heterocycles. The zero-order chi connectivity index (χ0) is 16.8. The molecule has 1 atom stereocenters. The Bertz CT molecular complexity index is 689. The average molecular weight is 330 g/mol.